The number of thiophene rings is 1. The van der Waals surface area contributed by atoms with E-state index in [0.29, 0.717) is 33.4 Å². The summed E-state index contributed by atoms with van der Waals surface area (Å²) in [5.41, 5.74) is 0.172. The summed E-state index contributed by atoms with van der Waals surface area (Å²) in [6.45, 7) is 0.975. The summed E-state index contributed by atoms with van der Waals surface area (Å²) >= 11 is 1.22. The number of rotatable bonds is 9. The smallest absolute Gasteiger partial charge is 0.455 e. The van der Waals surface area contributed by atoms with Crippen molar-refractivity contribution < 1.29 is 46.4 Å². The van der Waals surface area contributed by atoms with Gasteiger partial charge in [0.1, 0.15) is 12.4 Å². The van der Waals surface area contributed by atoms with Gasteiger partial charge in [0, 0.05) is 10.4 Å². The van der Waals surface area contributed by atoms with E-state index in [2.05, 4.69) is 0 Å². The molecular weight excluding hydrogens is 498 g/mol. The van der Waals surface area contributed by atoms with Crippen molar-refractivity contribution >= 4 is 11.3 Å². The van der Waals surface area contributed by atoms with Gasteiger partial charge in [0.15, 0.2) is 0 Å². The van der Waals surface area contributed by atoms with E-state index in [9.17, 15) is 36.6 Å². The lowest BCUT2D eigenvalue weighted by Crippen LogP contribution is -2.53. The van der Waals surface area contributed by atoms with Crippen LogP contribution < -0.4 is 4.74 Å². The minimum absolute atomic E-state index is 0.0730. The molecule has 0 aliphatic carbocycles. The van der Waals surface area contributed by atoms with Crippen LogP contribution in [0.25, 0.3) is 11.1 Å². The number of benzene rings is 2. The first kappa shape index (κ1) is 27.0. The lowest BCUT2D eigenvalue weighted by Gasteiger charge is -2.32. The lowest BCUT2D eigenvalue weighted by atomic mass is 9.89. The normalized spacial score (nSPS) is 14.1. The molecule has 3 rings (SSSR count). The van der Waals surface area contributed by atoms with E-state index in [1.165, 1.54) is 24.3 Å². The van der Waals surface area contributed by atoms with Crippen molar-refractivity contribution in [2.24, 2.45) is 0 Å². The third-order valence-corrected chi connectivity index (χ3v) is 6.43. The van der Waals surface area contributed by atoms with Crippen LogP contribution in [0.1, 0.15) is 34.1 Å². The Bertz CT molecular complexity index is 1170. The van der Waals surface area contributed by atoms with E-state index in [-0.39, 0.29) is 37.4 Å². The maximum atomic E-state index is 14.6. The Morgan fingerprint density at radius 2 is 1.60 bits per heavy atom. The molecule has 11 heteroatoms. The van der Waals surface area contributed by atoms with Gasteiger partial charge >= 0.3 is 18.0 Å². The number of halogens is 6. The largest absolute Gasteiger partial charge is 0.488 e. The number of aliphatic hydroxyl groups excluding tert-OH is 2. The van der Waals surface area contributed by atoms with Crippen LogP contribution in [0.2, 0.25) is 0 Å². The molecule has 0 bridgehead atoms. The van der Waals surface area contributed by atoms with Crippen LogP contribution in [0.5, 0.6) is 5.75 Å². The van der Waals surface area contributed by atoms with Gasteiger partial charge in [-0.25, -0.2) is 0 Å². The maximum Gasteiger partial charge on any atom is 0.455 e. The average Bonchev–Trinajstić information content (AvgIpc) is 3.30. The fraction of sp³-hybridized carbons (Fsp3) is 0.333. The minimum Gasteiger partial charge on any atom is -0.488 e. The van der Waals surface area contributed by atoms with Crippen molar-refractivity contribution in [1.29, 1.82) is 0 Å². The van der Waals surface area contributed by atoms with Crippen LogP contribution in [0, 0.1) is 0 Å². The Balaban J connectivity index is 1.89. The molecule has 0 spiro atoms. The zero-order valence-corrected chi connectivity index (χ0v) is 19.2. The topological polar surface area (TPSA) is 69.9 Å². The van der Waals surface area contributed by atoms with Gasteiger partial charge in [0.25, 0.3) is 0 Å². The predicted octanol–water partition coefficient (Wildman–Crippen LogP) is 5.85. The highest BCUT2D eigenvalue weighted by Gasteiger charge is 2.71. The highest BCUT2D eigenvalue weighted by atomic mass is 32.1. The van der Waals surface area contributed by atoms with Gasteiger partial charge in [-0.3, -0.25) is 0 Å². The van der Waals surface area contributed by atoms with Gasteiger partial charge < -0.3 is 20.1 Å². The minimum atomic E-state index is -6.20. The summed E-state index contributed by atoms with van der Waals surface area (Å²) in [5, 5.41) is 29.3. The lowest BCUT2D eigenvalue weighted by molar-refractivity contribution is -0.390. The summed E-state index contributed by atoms with van der Waals surface area (Å²) < 4.78 is 87.4. The average molecular weight is 520 g/mol. The number of ether oxygens (including phenoxy) is 1. The van der Waals surface area contributed by atoms with Crippen LogP contribution in [-0.4, -0.2) is 27.4 Å². The van der Waals surface area contributed by atoms with E-state index in [1.807, 2.05) is 0 Å². The van der Waals surface area contributed by atoms with Gasteiger partial charge in [-0.1, -0.05) is 31.2 Å². The Morgan fingerprint density at radius 3 is 2.20 bits per heavy atom. The second-order valence-electron chi connectivity index (χ2n) is 7.72. The molecule has 3 aromatic rings. The molecule has 0 amide bonds. The second-order valence-corrected chi connectivity index (χ2v) is 8.71. The number of aliphatic hydroxyl groups is 3. The molecule has 0 saturated heterocycles. The highest BCUT2D eigenvalue weighted by Crippen LogP contribution is 2.51. The second kappa shape index (κ2) is 10.2. The molecule has 0 saturated carbocycles. The fourth-order valence-electron chi connectivity index (χ4n) is 3.63. The van der Waals surface area contributed by atoms with Crippen molar-refractivity contribution in [3.8, 4) is 16.9 Å². The first-order valence-electron chi connectivity index (χ1n) is 10.4. The van der Waals surface area contributed by atoms with Crippen LogP contribution in [0.15, 0.2) is 47.8 Å². The standard InChI is InChI=1S/C24H22F6O4S/c1-2-19-20(4-3-5-21(19)22(25,26)23(27,33)24(28,29)30)16-9-18(35-13-16)12-34-17-7-6-14(10-31)15(8-17)11-32/h3-9,13,31-33H,2,10-12H2,1H3. The molecule has 1 atom stereocenters. The van der Waals surface area contributed by atoms with Crippen molar-refractivity contribution in [3.63, 3.8) is 0 Å². The van der Waals surface area contributed by atoms with Crippen LogP contribution in [0.3, 0.4) is 0 Å². The molecule has 1 unspecified atom stereocenters. The number of hydrogen-bond donors (Lipinski definition) is 3. The number of hydrogen-bond acceptors (Lipinski definition) is 5. The van der Waals surface area contributed by atoms with E-state index in [0.717, 1.165) is 6.07 Å². The quantitative estimate of drug-likeness (QED) is 0.310. The zero-order chi connectivity index (χ0) is 26.0. The first-order chi connectivity index (χ1) is 16.4. The Hall–Kier alpha value is -2.60. The van der Waals surface area contributed by atoms with Crippen LogP contribution in [-0.2, 0) is 32.2 Å². The first-order valence-corrected chi connectivity index (χ1v) is 11.3. The maximum absolute atomic E-state index is 14.6. The van der Waals surface area contributed by atoms with Crippen molar-refractivity contribution in [3.05, 3.63) is 75.0 Å². The molecule has 35 heavy (non-hydrogen) atoms. The summed E-state index contributed by atoms with van der Waals surface area (Å²) in [4.78, 5) is 0.660. The Morgan fingerprint density at radius 1 is 0.914 bits per heavy atom. The van der Waals surface area contributed by atoms with Crippen molar-refractivity contribution in [1.82, 2.24) is 0 Å². The van der Waals surface area contributed by atoms with E-state index < -0.39 is 23.5 Å². The highest BCUT2D eigenvalue weighted by molar-refractivity contribution is 7.10. The molecule has 190 valence electrons. The fourth-order valence-corrected chi connectivity index (χ4v) is 4.43. The van der Waals surface area contributed by atoms with E-state index in [1.54, 1.807) is 29.6 Å². The summed E-state index contributed by atoms with van der Waals surface area (Å²) in [5.74, 6) is -10.6. The molecule has 2 aromatic carbocycles. The Kier molecular flexibility index (Phi) is 7.85. The van der Waals surface area contributed by atoms with Crippen LogP contribution >= 0.6 is 11.3 Å². The van der Waals surface area contributed by atoms with Crippen molar-refractivity contribution in [2.75, 3.05) is 0 Å². The molecule has 0 fully saturated rings. The molecular formula is C24H22F6O4S. The molecule has 1 heterocycles. The molecule has 3 N–H and O–H groups in total. The summed E-state index contributed by atoms with van der Waals surface area (Å²) in [6, 6.07) is 9.57. The van der Waals surface area contributed by atoms with Gasteiger partial charge in [-0.15, -0.1) is 11.3 Å². The number of alkyl halides is 6. The molecule has 0 radical (unpaired) electrons. The monoisotopic (exact) mass is 520 g/mol. The van der Waals surface area contributed by atoms with Crippen LogP contribution in [0.4, 0.5) is 26.3 Å². The van der Waals surface area contributed by atoms with Crippen molar-refractivity contribution in [2.45, 2.75) is 51.1 Å². The summed E-state index contributed by atoms with van der Waals surface area (Å²) in [6.07, 6.45) is -6.34. The predicted molar refractivity (Wildman–Crippen MR) is 118 cm³/mol. The zero-order valence-electron chi connectivity index (χ0n) is 18.4. The van der Waals surface area contributed by atoms with E-state index >= 15 is 0 Å². The van der Waals surface area contributed by atoms with Gasteiger partial charge in [-0.2, -0.15) is 26.3 Å². The summed E-state index contributed by atoms with van der Waals surface area (Å²) in [7, 11) is 0. The van der Waals surface area contributed by atoms with Gasteiger partial charge in [0.2, 0.25) is 0 Å². The van der Waals surface area contributed by atoms with Gasteiger partial charge in [-0.05, 0) is 57.8 Å². The molecule has 4 nitrogen and oxygen atoms in total. The molecule has 0 aliphatic heterocycles. The SMILES string of the molecule is CCc1c(-c2csc(COc3ccc(CO)c(CO)c3)c2)cccc1C(F)(F)C(O)(F)C(F)(F)F. The van der Waals surface area contributed by atoms with Gasteiger partial charge in [0.05, 0.1) is 13.2 Å². The molecule has 0 aliphatic rings. The molecule has 1 aromatic heterocycles. The van der Waals surface area contributed by atoms with E-state index in [4.69, 9.17) is 9.84 Å². The Labute approximate surface area is 201 Å². The third kappa shape index (κ3) is 5.18. The third-order valence-electron chi connectivity index (χ3n) is 5.52.